The molecule has 0 spiro atoms. The zero-order valence-electron chi connectivity index (χ0n) is 29.6. The van der Waals surface area contributed by atoms with Crippen LogP contribution >= 0.6 is 23.4 Å². The van der Waals surface area contributed by atoms with Crippen LogP contribution in [0.2, 0.25) is 5.02 Å². The molecule has 4 aromatic rings. The zero-order chi connectivity index (χ0) is 36.0. The molecule has 2 aromatic heterocycles. The molecule has 1 saturated heterocycles. The predicted octanol–water partition coefficient (Wildman–Crippen LogP) is 5.13. The van der Waals surface area contributed by atoms with Crippen molar-refractivity contribution in [2.75, 3.05) is 49.2 Å². The van der Waals surface area contributed by atoms with Gasteiger partial charge in [0.05, 0.1) is 23.0 Å². The molecule has 0 bridgehead atoms. The van der Waals surface area contributed by atoms with E-state index in [2.05, 4.69) is 10.4 Å². The predicted molar refractivity (Wildman–Crippen MR) is 183 cm³/mol. The third-order valence-electron chi connectivity index (χ3n) is 7.99. The Morgan fingerprint density at radius 3 is 2.64 bits per heavy atom. The third-order valence-corrected chi connectivity index (χ3v) is 8.79. The number of halogens is 1. The second-order valence-corrected chi connectivity index (χ2v) is 13.4. The van der Waals surface area contributed by atoms with Gasteiger partial charge in [0.1, 0.15) is 23.6 Å². The van der Waals surface area contributed by atoms with Crippen LogP contribution in [0.3, 0.4) is 0 Å². The molecule has 6 rings (SSSR count). The summed E-state index contributed by atoms with van der Waals surface area (Å²) in [4.78, 5) is 49.5. The van der Waals surface area contributed by atoms with Gasteiger partial charge in [0.25, 0.3) is 5.56 Å². The van der Waals surface area contributed by atoms with Gasteiger partial charge < -0.3 is 29.2 Å². The summed E-state index contributed by atoms with van der Waals surface area (Å²) in [7, 11) is 0. The summed E-state index contributed by atoms with van der Waals surface area (Å²) in [5.74, 6) is 0.882. The standard InChI is InChI=1S/C33H38ClN7O5S/c1-6-25-28(38-12-14-39(15-13-38)32(44)46-33(2,3)4)30(43)41-31(36-29(37-41)21-7-10-26-20(17-21)11-16-45-26)40(25)19-27(42)35-24-9-8-22(47-5)18-23(24)34/h7-10,17-18H,6,11-16,19H2,1-5H3,(H,35,42)/i5D3. The topological polar surface area (TPSA) is 123 Å². The van der Waals surface area contributed by atoms with E-state index in [9.17, 15) is 14.4 Å². The molecular formula is C33H38ClN7O5S. The Hall–Kier alpha value is -4.23. The number of piperazine rings is 1. The molecule has 0 atom stereocenters. The number of nitrogens with zero attached hydrogens (tertiary/aromatic N) is 6. The molecule has 1 N–H and O–H groups in total. The first-order valence-corrected chi connectivity index (χ1v) is 16.6. The lowest BCUT2D eigenvalue weighted by atomic mass is 10.1. The highest BCUT2D eigenvalue weighted by Crippen LogP contribution is 2.31. The molecule has 2 amide bonds. The van der Waals surface area contributed by atoms with Gasteiger partial charge >= 0.3 is 6.09 Å². The number of hydrogen-bond acceptors (Lipinski definition) is 9. The highest BCUT2D eigenvalue weighted by Gasteiger charge is 2.30. The third kappa shape index (κ3) is 6.77. The van der Waals surface area contributed by atoms with E-state index in [1.165, 1.54) is 10.6 Å². The molecule has 12 nitrogen and oxygen atoms in total. The molecule has 0 aliphatic carbocycles. The van der Waals surface area contributed by atoms with E-state index in [1.807, 2.05) is 50.8 Å². The molecule has 14 heteroatoms. The fourth-order valence-electron chi connectivity index (χ4n) is 5.81. The first-order valence-electron chi connectivity index (χ1n) is 16.9. The molecule has 0 radical (unpaired) electrons. The van der Waals surface area contributed by atoms with E-state index in [1.54, 1.807) is 21.6 Å². The minimum Gasteiger partial charge on any atom is -0.493 e. The van der Waals surface area contributed by atoms with Crippen LogP contribution in [-0.4, -0.2) is 80.6 Å². The van der Waals surface area contributed by atoms with E-state index in [4.69, 9.17) is 30.2 Å². The Morgan fingerprint density at radius 1 is 1.15 bits per heavy atom. The zero-order valence-corrected chi connectivity index (χ0v) is 28.2. The number of nitrogens with one attached hydrogen (secondary N) is 1. The van der Waals surface area contributed by atoms with E-state index < -0.39 is 23.8 Å². The second-order valence-electron chi connectivity index (χ2n) is 12.4. The van der Waals surface area contributed by atoms with Crippen molar-refractivity contribution in [2.24, 2.45) is 0 Å². The van der Waals surface area contributed by atoms with Crippen LogP contribution in [0, 0.1) is 0 Å². The monoisotopic (exact) mass is 682 g/mol. The number of carbonyl (C=O) groups excluding carboxylic acids is 2. The average Bonchev–Trinajstić information content (AvgIpc) is 3.70. The Bertz CT molecular complexity index is 2020. The van der Waals surface area contributed by atoms with Gasteiger partial charge in [-0.3, -0.25) is 9.59 Å². The molecule has 47 heavy (non-hydrogen) atoms. The largest absolute Gasteiger partial charge is 0.493 e. The minimum absolute atomic E-state index is 0.183. The van der Waals surface area contributed by atoms with Gasteiger partial charge in [-0.1, -0.05) is 18.5 Å². The second kappa shape index (κ2) is 13.1. The number of rotatable bonds is 7. The first-order chi connectivity index (χ1) is 23.6. The number of carbonyl (C=O) groups is 2. The van der Waals surface area contributed by atoms with E-state index in [-0.39, 0.29) is 22.9 Å². The average molecular weight is 683 g/mol. The number of thioether (sulfide) groups is 1. The molecule has 0 saturated carbocycles. The van der Waals surface area contributed by atoms with Crippen LogP contribution < -0.4 is 20.5 Å². The van der Waals surface area contributed by atoms with Gasteiger partial charge in [0.2, 0.25) is 11.7 Å². The Morgan fingerprint density at radius 2 is 1.94 bits per heavy atom. The molecule has 1 fully saturated rings. The number of benzene rings is 2. The number of fused-ring (bicyclic) bond motifs is 2. The highest BCUT2D eigenvalue weighted by atomic mass is 35.5. The molecule has 4 heterocycles. The molecule has 2 aromatic carbocycles. The van der Waals surface area contributed by atoms with Crippen molar-refractivity contribution < 1.29 is 23.2 Å². The number of aromatic nitrogens is 4. The van der Waals surface area contributed by atoms with Crippen molar-refractivity contribution in [1.82, 2.24) is 24.1 Å². The van der Waals surface area contributed by atoms with Gasteiger partial charge in [-0.2, -0.15) is 9.50 Å². The first kappa shape index (κ1) is 29.0. The van der Waals surface area contributed by atoms with Crippen molar-refractivity contribution in [3.8, 4) is 17.1 Å². The Kier molecular flexibility index (Phi) is 8.08. The molecular weight excluding hydrogens is 642 g/mol. The van der Waals surface area contributed by atoms with E-state index >= 15 is 0 Å². The number of amides is 2. The van der Waals surface area contributed by atoms with Crippen LogP contribution in [-0.2, 0) is 28.9 Å². The fraction of sp³-hybridized carbons (Fsp3) is 0.424. The lowest BCUT2D eigenvalue weighted by Gasteiger charge is -2.37. The lowest BCUT2D eigenvalue weighted by Crippen LogP contribution is -2.51. The summed E-state index contributed by atoms with van der Waals surface area (Å²) in [5, 5.41) is 7.65. The molecule has 2 aliphatic heterocycles. The quantitative estimate of drug-likeness (QED) is 0.265. The summed E-state index contributed by atoms with van der Waals surface area (Å²) in [6, 6.07) is 10.3. The number of ether oxygens (including phenoxy) is 2. The van der Waals surface area contributed by atoms with E-state index in [0.717, 1.165) is 17.7 Å². The van der Waals surface area contributed by atoms with Gasteiger partial charge in [-0.05, 0) is 75.3 Å². The number of anilines is 2. The van der Waals surface area contributed by atoms with Crippen LogP contribution in [0.4, 0.5) is 16.2 Å². The molecule has 2 aliphatic rings. The van der Waals surface area contributed by atoms with Crippen molar-refractivity contribution in [2.45, 2.75) is 57.6 Å². The van der Waals surface area contributed by atoms with E-state index in [0.29, 0.717) is 84.3 Å². The van der Waals surface area contributed by atoms with Gasteiger partial charge in [-0.25, -0.2) is 4.79 Å². The van der Waals surface area contributed by atoms with Crippen LogP contribution in [0.25, 0.3) is 17.2 Å². The smallest absolute Gasteiger partial charge is 0.410 e. The summed E-state index contributed by atoms with van der Waals surface area (Å²) in [6.07, 6.45) is -1.52. The summed E-state index contributed by atoms with van der Waals surface area (Å²) in [6.45, 7) is 9.10. The van der Waals surface area contributed by atoms with Crippen LogP contribution in [0.1, 0.15) is 43.1 Å². The molecule has 0 unspecified atom stereocenters. The van der Waals surface area contributed by atoms with Gasteiger partial charge in [0, 0.05) is 47.2 Å². The minimum atomic E-state index is -2.24. The van der Waals surface area contributed by atoms with Crippen LogP contribution in [0.15, 0.2) is 46.1 Å². The van der Waals surface area contributed by atoms with Crippen molar-refractivity contribution in [3.05, 3.63) is 63.0 Å². The Labute approximate surface area is 286 Å². The normalized spacial score (nSPS) is 15.9. The highest BCUT2D eigenvalue weighted by molar-refractivity contribution is 7.98. The lowest BCUT2D eigenvalue weighted by molar-refractivity contribution is -0.116. The van der Waals surface area contributed by atoms with Crippen LogP contribution in [0.5, 0.6) is 5.75 Å². The maximum atomic E-state index is 14.3. The number of hydrogen-bond donors (Lipinski definition) is 1. The van der Waals surface area contributed by atoms with Gasteiger partial charge in [0.15, 0.2) is 5.82 Å². The summed E-state index contributed by atoms with van der Waals surface area (Å²) < 4.78 is 36.6. The molecule has 248 valence electrons. The van der Waals surface area contributed by atoms with Crippen molar-refractivity contribution in [1.29, 1.82) is 0 Å². The maximum absolute atomic E-state index is 14.3. The summed E-state index contributed by atoms with van der Waals surface area (Å²) in [5.41, 5.74) is 1.98. The van der Waals surface area contributed by atoms with Crippen molar-refractivity contribution in [3.63, 3.8) is 0 Å². The summed E-state index contributed by atoms with van der Waals surface area (Å²) >= 11 is 7.14. The Balaban J connectivity index is 1.36. The van der Waals surface area contributed by atoms with Gasteiger partial charge in [-0.15, -0.1) is 16.9 Å². The fourth-order valence-corrected chi connectivity index (χ4v) is 6.42. The SMILES string of the molecule is [2H]C([2H])([2H])Sc1ccc(NC(=O)Cn2c(CC)c(N3CCN(C(=O)OC(C)(C)C)CC3)c(=O)n3nc(-c4ccc5c(c4)CCO5)nc23)c(Cl)c1. The maximum Gasteiger partial charge on any atom is 0.410 e. The van der Waals surface area contributed by atoms with Crippen molar-refractivity contribution >= 4 is 52.5 Å².